The van der Waals surface area contributed by atoms with Crippen LogP contribution in [0, 0.1) is 6.92 Å². The van der Waals surface area contributed by atoms with Gasteiger partial charge in [-0.1, -0.05) is 11.6 Å². The van der Waals surface area contributed by atoms with E-state index in [4.69, 9.17) is 11.6 Å². The van der Waals surface area contributed by atoms with Gasteiger partial charge in [0.25, 0.3) is 5.91 Å². The highest BCUT2D eigenvalue weighted by molar-refractivity contribution is 6.33. The average Bonchev–Trinajstić information content (AvgIpc) is 3.12. The molecule has 0 spiro atoms. The molecule has 2 amide bonds. The molecule has 1 aromatic rings. The predicted octanol–water partition coefficient (Wildman–Crippen LogP) is 1.15. The van der Waals surface area contributed by atoms with Crippen LogP contribution < -0.4 is 0 Å². The summed E-state index contributed by atoms with van der Waals surface area (Å²) in [6, 6.07) is 0. The smallest absolute Gasteiger partial charge is 0.258 e. The third kappa shape index (κ3) is 3.98. The highest BCUT2D eigenvalue weighted by Crippen LogP contribution is 2.21. The van der Waals surface area contributed by atoms with Crippen molar-refractivity contribution >= 4 is 23.4 Å². The van der Waals surface area contributed by atoms with Gasteiger partial charge in [-0.15, -0.1) is 0 Å². The minimum Gasteiger partial charge on any atom is -0.342 e. The second kappa shape index (κ2) is 7.74. The lowest BCUT2D eigenvalue weighted by atomic mass is 10.2. The lowest BCUT2D eigenvalue weighted by Crippen LogP contribution is -2.41. The highest BCUT2D eigenvalue weighted by atomic mass is 35.5. The summed E-state index contributed by atoms with van der Waals surface area (Å²) in [6.07, 6.45) is 3.08. The third-order valence-electron chi connectivity index (χ3n) is 5.06. The molecule has 3 rings (SSSR count). The zero-order valence-corrected chi connectivity index (χ0v) is 15.8. The van der Waals surface area contributed by atoms with Crippen LogP contribution in [-0.4, -0.2) is 82.1 Å². The van der Waals surface area contributed by atoms with Crippen molar-refractivity contribution < 1.29 is 9.59 Å². The number of amides is 2. The first-order chi connectivity index (χ1) is 12.0. The summed E-state index contributed by atoms with van der Waals surface area (Å²) in [5.74, 6) is 0.145. The van der Waals surface area contributed by atoms with E-state index in [9.17, 15) is 9.59 Å². The molecule has 0 bridgehead atoms. The van der Waals surface area contributed by atoms with Crippen molar-refractivity contribution in [2.45, 2.75) is 26.2 Å². The number of rotatable bonds is 3. The fraction of sp³-hybridized carbons (Fsp3) is 0.706. The summed E-state index contributed by atoms with van der Waals surface area (Å²) in [5, 5.41) is 4.61. The van der Waals surface area contributed by atoms with Gasteiger partial charge in [0.1, 0.15) is 5.15 Å². The van der Waals surface area contributed by atoms with E-state index in [-0.39, 0.29) is 11.8 Å². The van der Waals surface area contributed by atoms with Crippen LogP contribution in [0.5, 0.6) is 0 Å². The number of aryl methyl sites for hydroxylation is 2. The standard InChI is InChI=1S/C17H26ClN5O2/c1-13-15(16(18)20(2)19-13)17(25)23-9-5-6-21(10-11-23)12-14(24)22-7-3-4-8-22/h3-12H2,1-2H3. The SMILES string of the molecule is Cc1nn(C)c(Cl)c1C(=O)N1CCCN(CC(=O)N2CCCC2)CC1. The van der Waals surface area contributed by atoms with Crippen LogP contribution in [-0.2, 0) is 11.8 Å². The van der Waals surface area contributed by atoms with Crippen molar-refractivity contribution in [2.75, 3.05) is 45.8 Å². The van der Waals surface area contributed by atoms with Crippen molar-refractivity contribution in [3.63, 3.8) is 0 Å². The largest absolute Gasteiger partial charge is 0.342 e. The Morgan fingerprint density at radius 2 is 1.68 bits per heavy atom. The first kappa shape index (κ1) is 18.2. The van der Waals surface area contributed by atoms with E-state index in [0.717, 1.165) is 38.9 Å². The van der Waals surface area contributed by atoms with Crippen LogP contribution in [0.2, 0.25) is 5.15 Å². The molecule has 0 saturated carbocycles. The molecule has 0 aliphatic carbocycles. The maximum atomic E-state index is 12.8. The van der Waals surface area contributed by atoms with Crippen molar-refractivity contribution in [1.82, 2.24) is 24.5 Å². The lowest BCUT2D eigenvalue weighted by Gasteiger charge is -2.24. The monoisotopic (exact) mass is 367 g/mol. The molecule has 2 fully saturated rings. The summed E-state index contributed by atoms with van der Waals surface area (Å²) >= 11 is 6.23. The van der Waals surface area contributed by atoms with Crippen molar-refractivity contribution in [3.8, 4) is 0 Å². The van der Waals surface area contributed by atoms with Gasteiger partial charge in [-0.25, -0.2) is 0 Å². The Hall–Kier alpha value is -1.60. The molecule has 138 valence electrons. The third-order valence-corrected chi connectivity index (χ3v) is 5.49. The summed E-state index contributed by atoms with van der Waals surface area (Å²) in [7, 11) is 1.74. The van der Waals surface area contributed by atoms with Crippen LogP contribution in [0.4, 0.5) is 0 Å². The summed E-state index contributed by atoms with van der Waals surface area (Å²) < 4.78 is 1.53. The quantitative estimate of drug-likeness (QED) is 0.804. The van der Waals surface area contributed by atoms with Crippen LogP contribution in [0.25, 0.3) is 0 Å². The van der Waals surface area contributed by atoms with Crippen LogP contribution in [0.15, 0.2) is 0 Å². The number of aromatic nitrogens is 2. The number of carbonyl (C=O) groups is 2. The minimum absolute atomic E-state index is 0.0664. The molecule has 0 radical (unpaired) electrons. The first-order valence-electron chi connectivity index (χ1n) is 8.96. The molecule has 25 heavy (non-hydrogen) atoms. The number of likely N-dealkylation sites (tertiary alicyclic amines) is 1. The van der Waals surface area contributed by atoms with Crippen molar-refractivity contribution in [3.05, 3.63) is 16.4 Å². The zero-order valence-electron chi connectivity index (χ0n) is 15.0. The van der Waals surface area contributed by atoms with Gasteiger partial charge < -0.3 is 9.80 Å². The van der Waals surface area contributed by atoms with E-state index in [1.807, 2.05) is 9.80 Å². The Bertz CT molecular complexity index is 654. The summed E-state index contributed by atoms with van der Waals surface area (Å²) in [4.78, 5) is 31.1. The number of hydrogen-bond acceptors (Lipinski definition) is 4. The normalized spacial score (nSPS) is 19.3. The lowest BCUT2D eigenvalue weighted by molar-refractivity contribution is -0.131. The molecule has 3 heterocycles. The fourth-order valence-corrected chi connectivity index (χ4v) is 3.88. The van der Waals surface area contributed by atoms with Gasteiger partial charge in [0.05, 0.1) is 17.8 Å². The molecule has 1 aromatic heterocycles. The van der Waals surface area contributed by atoms with E-state index in [1.165, 1.54) is 4.68 Å². The van der Waals surface area contributed by atoms with Gasteiger partial charge in [0.2, 0.25) is 5.91 Å². The van der Waals surface area contributed by atoms with Gasteiger partial charge in [-0.3, -0.25) is 19.2 Å². The number of nitrogens with zero attached hydrogens (tertiary/aromatic N) is 5. The molecule has 2 aliphatic rings. The van der Waals surface area contributed by atoms with Gasteiger partial charge >= 0.3 is 0 Å². The molecule has 7 nitrogen and oxygen atoms in total. The molecular weight excluding hydrogens is 342 g/mol. The van der Waals surface area contributed by atoms with Gasteiger partial charge in [-0.2, -0.15) is 5.10 Å². The van der Waals surface area contributed by atoms with Crippen molar-refractivity contribution in [1.29, 1.82) is 0 Å². The Labute approximate surface area is 153 Å². The Morgan fingerprint density at radius 3 is 2.32 bits per heavy atom. The topological polar surface area (TPSA) is 61.7 Å². The molecule has 0 unspecified atom stereocenters. The summed E-state index contributed by atoms with van der Waals surface area (Å²) in [6.45, 7) is 6.86. The maximum absolute atomic E-state index is 12.8. The number of carbonyl (C=O) groups excluding carboxylic acids is 2. The predicted molar refractivity (Wildman–Crippen MR) is 95.7 cm³/mol. The second-order valence-corrected chi connectivity index (χ2v) is 7.24. The molecule has 0 atom stereocenters. The van der Waals surface area contributed by atoms with E-state index >= 15 is 0 Å². The Morgan fingerprint density at radius 1 is 1.00 bits per heavy atom. The first-order valence-corrected chi connectivity index (χ1v) is 9.33. The molecule has 2 saturated heterocycles. The van der Waals surface area contributed by atoms with Gasteiger partial charge in [0, 0.05) is 46.3 Å². The Kier molecular flexibility index (Phi) is 5.64. The maximum Gasteiger partial charge on any atom is 0.258 e. The Balaban J connectivity index is 1.59. The van der Waals surface area contributed by atoms with Gasteiger partial charge in [-0.05, 0) is 26.2 Å². The summed E-state index contributed by atoms with van der Waals surface area (Å²) in [5.41, 5.74) is 1.15. The van der Waals surface area contributed by atoms with E-state index in [0.29, 0.717) is 42.6 Å². The molecular formula is C17H26ClN5O2. The number of hydrogen-bond donors (Lipinski definition) is 0. The van der Waals surface area contributed by atoms with Gasteiger partial charge in [0.15, 0.2) is 0 Å². The number of halogens is 1. The second-order valence-electron chi connectivity index (χ2n) is 6.88. The van der Waals surface area contributed by atoms with E-state index in [1.54, 1.807) is 14.0 Å². The van der Waals surface area contributed by atoms with Crippen LogP contribution in [0.3, 0.4) is 0 Å². The molecule has 2 aliphatic heterocycles. The zero-order chi connectivity index (χ0) is 18.0. The minimum atomic E-state index is -0.0664. The van der Waals surface area contributed by atoms with E-state index < -0.39 is 0 Å². The molecule has 0 aromatic carbocycles. The highest BCUT2D eigenvalue weighted by Gasteiger charge is 2.27. The van der Waals surface area contributed by atoms with E-state index in [2.05, 4.69) is 10.00 Å². The molecule has 8 heteroatoms. The van der Waals surface area contributed by atoms with Crippen molar-refractivity contribution in [2.24, 2.45) is 7.05 Å². The van der Waals surface area contributed by atoms with Crippen LogP contribution >= 0.6 is 11.6 Å². The fourth-order valence-electron chi connectivity index (χ4n) is 3.62. The molecule has 0 N–H and O–H groups in total. The van der Waals surface area contributed by atoms with Crippen LogP contribution in [0.1, 0.15) is 35.3 Å². The average molecular weight is 368 g/mol.